The van der Waals surface area contributed by atoms with Gasteiger partial charge >= 0.3 is 0 Å². The number of aryl methyl sites for hydroxylation is 1. The van der Waals surface area contributed by atoms with Crippen molar-refractivity contribution in [3.8, 4) is 0 Å². The molecule has 6 heteroatoms. The van der Waals surface area contributed by atoms with E-state index in [1.54, 1.807) is 23.1 Å². The first-order valence-corrected chi connectivity index (χ1v) is 8.59. The van der Waals surface area contributed by atoms with Crippen LogP contribution in [0.15, 0.2) is 39.0 Å². The molecule has 1 heterocycles. The molecular formula is C13H16BrN3S2. The number of hydrogen-bond acceptors (Lipinski definition) is 5. The SMILES string of the molecule is Cc1nc(CC(CSc2ccccc2Br)NN)cs1. The van der Waals surface area contributed by atoms with Crippen LogP contribution in [-0.2, 0) is 6.42 Å². The molecule has 0 spiro atoms. The number of hydrazine groups is 1. The quantitative estimate of drug-likeness (QED) is 0.472. The Morgan fingerprint density at radius 3 is 2.89 bits per heavy atom. The number of nitrogens with zero attached hydrogens (tertiary/aromatic N) is 1. The molecule has 19 heavy (non-hydrogen) atoms. The molecule has 0 saturated carbocycles. The highest BCUT2D eigenvalue weighted by Gasteiger charge is 2.11. The summed E-state index contributed by atoms with van der Waals surface area (Å²) in [5, 5.41) is 3.20. The molecule has 0 aliphatic carbocycles. The van der Waals surface area contributed by atoms with E-state index < -0.39 is 0 Å². The van der Waals surface area contributed by atoms with Crippen LogP contribution in [0.2, 0.25) is 0 Å². The molecule has 0 bridgehead atoms. The number of aromatic nitrogens is 1. The van der Waals surface area contributed by atoms with Crippen molar-refractivity contribution < 1.29 is 0 Å². The first-order chi connectivity index (χ1) is 9.19. The molecule has 3 nitrogen and oxygen atoms in total. The Bertz CT molecular complexity index is 530. The van der Waals surface area contributed by atoms with Crippen molar-refractivity contribution >= 4 is 39.0 Å². The number of halogens is 1. The molecule has 102 valence electrons. The van der Waals surface area contributed by atoms with Crippen LogP contribution < -0.4 is 11.3 Å². The van der Waals surface area contributed by atoms with Gasteiger partial charge in [-0.2, -0.15) is 0 Å². The van der Waals surface area contributed by atoms with Gasteiger partial charge in [-0.25, -0.2) is 4.98 Å². The van der Waals surface area contributed by atoms with E-state index in [4.69, 9.17) is 5.84 Å². The third-order valence-corrected chi connectivity index (χ3v) is 5.65. The van der Waals surface area contributed by atoms with Gasteiger partial charge in [0.05, 0.1) is 10.7 Å². The van der Waals surface area contributed by atoms with Gasteiger partial charge in [0, 0.05) is 33.0 Å². The van der Waals surface area contributed by atoms with E-state index >= 15 is 0 Å². The Morgan fingerprint density at radius 2 is 2.26 bits per heavy atom. The predicted molar refractivity (Wildman–Crippen MR) is 86.5 cm³/mol. The standard InChI is InChI=1S/C13H16BrN3S2/c1-9-16-10(7-18-9)6-11(17-15)8-19-13-5-3-2-4-12(13)14/h2-5,7,11,17H,6,8,15H2,1H3. The van der Waals surface area contributed by atoms with Gasteiger partial charge in [-0.05, 0) is 35.0 Å². The molecule has 0 amide bonds. The minimum absolute atomic E-state index is 0.221. The number of hydrogen-bond donors (Lipinski definition) is 2. The molecule has 1 unspecified atom stereocenters. The monoisotopic (exact) mass is 357 g/mol. The van der Waals surface area contributed by atoms with Crippen molar-refractivity contribution in [2.45, 2.75) is 24.3 Å². The van der Waals surface area contributed by atoms with Gasteiger partial charge < -0.3 is 0 Å². The fourth-order valence-electron chi connectivity index (χ4n) is 1.67. The summed E-state index contributed by atoms with van der Waals surface area (Å²) in [6, 6.07) is 8.44. The van der Waals surface area contributed by atoms with Crippen LogP contribution in [0, 0.1) is 6.92 Å². The molecule has 2 aromatic rings. The van der Waals surface area contributed by atoms with E-state index in [0.717, 1.165) is 27.3 Å². The van der Waals surface area contributed by atoms with Gasteiger partial charge in [0.2, 0.25) is 0 Å². The Labute approximate surface area is 130 Å². The van der Waals surface area contributed by atoms with Crippen molar-refractivity contribution in [3.63, 3.8) is 0 Å². The first-order valence-electron chi connectivity index (χ1n) is 5.93. The average Bonchev–Trinajstić information content (AvgIpc) is 2.81. The Kier molecular flexibility index (Phi) is 5.84. The van der Waals surface area contributed by atoms with E-state index in [1.165, 1.54) is 4.90 Å². The van der Waals surface area contributed by atoms with Gasteiger partial charge in [0.1, 0.15) is 0 Å². The molecule has 0 radical (unpaired) electrons. The lowest BCUT2D eigenvalue weighted by molar-refractivity contribution is 0.570. The van der Waals surface area contributed by atoms with Crippen LogP contribution in [0.1, 0.15) is 10.7 Å². The predicted octanol–water partition coefficient (Wildman–Crippen LogP) is 3.38. The van der Waals surface area contributed by atoms with Gasteiger partial charge in [-0.1, -0.05) is 12.1 Å². The van der Waals surface area contributed by atoms with Crippen LogP contribution in [0.3, 0.4) is 0 Å². The summed E-state index contributed by atoms with van der Waals surface area (Å²) in [4.78, 5) is 5.71. The summed E-state index contributed by atoms with van der Waals surface area (Å²) < 4.78 is 1.13. The smallest absolute Gasteiger partial charge is 0.0897 e. The van der Waals surface area contributed by atoms with Crippen LogP contribution in [0.4, 0.5) is 0 Å². The molecule has 1 aromatic carbocycles. The molecular weight excluding hydrogens is 342 g/mol. The molecule has 1 aromatic heterocycles. The summed E-state index contributed by atoms with van der Waals surface area (Å²) in [5.41, 5.74) is 3.99. The molecule has 0 saturated heterocycles. The Morgan fingerprint density at radius 1 is 1.47 bits per heavy atom. The average molecular weight is 358 g/mol. The number of thiazole rings is 1. The summed E-state index contributed by atoms with van der Waals surface area (Å²) >= 11 is 7.03. The van der Waals surface area contributed by atoms with E-state index in [9.17, 15) is 0 Å². The summed E-state index contributed by atoms with van der Waals surface area (Å²) in [7, 11) is 0. The van der Waals surface area contributed by atoms with Gasteiger partial charge in [-0.15, -0.1) is 23.1 Å². The van der Waals surface area contributed by atoms with Crippen molar-refractivity contribution in [3.05, 3.63) is 44.8 Å². The zero-order valence-electron chi connectivity index (χ0n) is 10.6. The highest BCUT2D eigenvalue weighted by atomic mass is 79.9. The number of benzene rings is 1. The molecule has 3 N–H and O–H groups in total. The second-order valence-electron chi connectivity index (χ2n) is 4.17. The van der Waals surface area contributed by atoms with Crippen LogP contribution in [-0.4, -0.2) is 16.8 Å². The number of nitrogens with one attached hydrogen (secondary N) is 1. The van der Waals surface area contributed by atoms with Crippen molar-refractivity contribution in [1.29, 1.82) is 0 Å². The molecule has 0 fully saturated rings. The van der Waals surface area contributed by atoms with E-state index in [-0.39, 0.29) is 6.04 Å². The zero-order chi connectivity index (χ0) is 13.7. The van der Waals surface area contributed by atoms with Crippen molar-refractivity contribution in [2.75, 3.05) is 5.75 Å². The maximum atomic E-state index is 5.63. The normalized spacial score (nSPS) is 12.6. The van der Waals surface area contributed by atoms with Crippen LogP contribution >= 0.6 is 39.0 Å². The number of thioether (sulfide) groups is 1. The topological polar surface area (TPSA) is 50.9 Å². The van der Waals surface area contributed by atoms with Crippen molar-refractivity contribution in [2.24, 2.45) is 5.84 Å². The van der Waals surface area contributed by atoms with Crippen LogP contribution in [0.25, 0.3) is 0 Å². The third-order valence-electron chi connectivity index (χ3n) is 2.63. The molecule has 0 aliphatic rings. The molecule has 1 atom stereocenters. The fourth-order valence-corrected chi connectivity index (χ4v) is 3.90. The van der Waals surface area contributed by atoms with Crippen LogP contribution in [0.5, 0.6) is 0 Å². The van der Waals surface area contributed by atoms with Gasteiger partial charge in [0.15, 0.2) is 0 Å². The maximum Gasteiger partial charge on any atom is 0.0897 e. The summed E-state index contributed by atoms with van der Waals surface area (Å²) in [5.74, 6) is 6.54. The summed E-state index contributed by atoms with van der Waals surface area (Å²) in [6.45, 7) is 2.02. The van der Waals surface area contributed by atoms with E-state index in [2.05, 4.69) is 43.9 Å². The maximum absolute atomic E-state index is 5.63. The Hall–Kier alpha value is -0.400. The highest BCUT2D eigenvalue weighted by Crippen LogP contribution is 2.27. The van der Waals surface area contributed by atoms with Gasteiger partial charge in [0.25, 0.3) is 0 Å². The highest BCUT2D eigenvalue weighted by molar-refractivity contribution is 9.10. The summed E-state index contributed by atoms with van der Waals surface area (Å²) in [6.07, 6.45) is 0.859. The third kappa shape index (κ3) is 4.57. The zero-order valence-corrected chi connectivity index (χ0v) is 13.8. The van der Waals surface area contributed by atoms with E-state index in [1.807, 2.05) is 19.1 Å². The second kappa shape index (κ2) is 7.40. The molecule has 0 aliphatic heterocycles. The lowest BCUT2D eigenvalue weighted by atomic mass is 10.2. The first kappa shape index (κ1) is 15.0. The van der Waals surface area contributed by atoms with Crippen molar-refractivity contribution in [1.82, 2.24) is 10.4 Å². The minimum Gasteiger partial charge on any atom is -0.271 e. The van der Waals surface area contributed by atoms with E-state index in [0.29, 0.717) is 0 Å². The second-order valence-corrected chi connectivity index (χ2v) is 7.15. The Balaban J connectivity index is 1.91. The lowest BCUT2D eigenvalue weighted by Gasteiger charge is -2.14. The van der Waals surface area contributed by atoms with Gasteiger partial charge in [-0.3, -0.25) is 11.3 Å². The lowest BCUT2D eigenvalue weighted by Crippen LogP contribution is -2.38. The number of nitrogens with two attached hydrogens (primary N) is 1. The number of rotatable bonds is 6. The molecule has 2 rings (SSSR count). The minimum atomic E-state index is 0.221. The fraction of sp³-hybridized carbons (Fsp3) is 0.308. The largest absolute Gasteiger partial charge is 0.271 e.